The van der Waals surface area contributed by atoms with E-state index in [9.17, 15) is 0 Å². The fourth-order valence-corrected chi connectivity index (χ4v) is 5.20. The largest absolute Gasteiger partial charge is 0.420 e. The Bertz CT molecular complexity index is 300. The molecule has 0 amide bonds. The first kappa shape index (κ1) is 15.5. The Hall–Kier alpha value is -0.603. The second kappa shape index (κ2) is 8.49. The van der Waals surface area contributed by atoms with Gasteiger partial charge in [0.2, 0.25) is 0 Å². The molecule has 0 N–H and O–H groups in total. The quantitative estimate of drug-likeness (QED) is 0.494. The number of unbranched alkanes of at least 4 members (excludes halogenated alkanes) is 1. The van der Waals surface area contributed by atoms with Gasteiger partial charge in [-0.25, -0.2) is 0 Å². The number of hydrogen-bond acceptors (Lipinski definition) is 1. The van der Waals surface area contributed by atoms with E-state index in [0.717, 1.165) is 17.7 Å². The Balaban J connectivity index is 2.15. The highest BCUT2D eigenvalue weighted by Gasteiger charge is 2.20. The summed E-state index contributed by atoms with van der Waals surface area (Å²) in [5, 5.41) is 0. The molecule has 0 spiro atoms. The minimum atomic E-state index is -0.997. The topological polar surface area (TPSA) is 9.23 Å². The van der Waals surface area contributed by atoms with Crippen LogP contribution in [0.4, 0.5) is 0 Å². The molecule has 0 fully saturated rings. The van der Waals surface area contributed by atoms with E-state index in [-0.39, 0.29) is 0 Å². The third-order valence-electron chi connectivity index (χ3n) is 3.33. The van der Waals surface area contributed by atoms with E-state index in [4.69, 9.17) is 4.43 Å². The molecule has 2 heteroatoms. The Morgan fingerprint density at radius 1 is 0.944 bits per heavy atom. The molecule has 0 bridgehead atoms. The van der Waals surface area contributed by atoms with Crippen LogP contribution in [0.5, 0.6) is 0 Å². The molecule has 1 nitrogen and oxygen atoms in total. The van der Waals surface area contributed by atoms with Crippen molar-refractivity contribution in [2.24, 2.45) is 0 Å². The normalized spacial score (nSPS) is 11.7. The van der Waals surface area contributed by atoms with Gasteiger partial charge in [0.25, 0.3) is 0 Å². The predicted octanol–water partition coefficient (Wildman–Crippen LogP) is 4.57. The molecular weight excluding hydrogens is 236 g/mol. The molecule has 18 heavy (non-hydrogen) atoms. The van der Waals surface area contributed by atoms with Crippen LogP contribution in [-0.4, -0.2) is 15.6 Å². The van der Waals surface area contributed by atoms with Crippen molar-refractivity contribution in [3.05, 3.63) is 35.9 Å². The van der Waals surface area contributed by atoms with Gasteiger partial charge in [-0.1, -0.05) is 58.0 Å². The molecule has 0 saturated heterocycles. The highest BCUT2D eigenvalue weighted by Crippen LogP contribution is 2.21. The van der Waals surface area contributed by atoms with Crippen molar-refractivity contribution in [1.29, 1.82) is 0 Å². The van der Waals surface area contributed by atoms with Crippen LogP contribution in [0.3, 0.4) is 0 Å². The average molecular weight is 264 g/mol. The minimum absolute atomic E-state index is 0.749. The van der Waals surface area contributed by atoms with Crippen LogP contribution < -0.4 is 0 Å². The van der Waals surface area contributed by atoms with E-state index in [1.807, 2.05) is 0 Å². The Morgan fingerprint density at radius 2 is 1.56 bits per heavy atom. The summed E-state index contributed by atoms with van der Waals surface area (Å²) in [6.07, 6.45) is 3.61. The summed E-state index contributed by atoms with van der Waals surface area (Å²) >= 11 is 0. The van der Waals surface area contributed by atoms with Gasteiger partial charge in [-0.05, 0) is 35.9 Å². The number of hydrogen-bond donors (Lipinski definition) is 0. The fourth-order valence-electron chi connectivity index (χ4n) is 2.45. The summed E-state index contributed by atoms with van der Waals surface area (Å²) in [7, 11) is -0.997. The summed E-state index contributed by atoms with van der Waals surface area (Å²) in [5.74, 6) is 0. The Morgan fingerprint density at radius 3 is 2.11 bits per heavy atom. The zero-order valence-corrected chi connectivity index (χ0v) is 13.5. The lowest BCUT2D eigenvalue weighted by Gasteiger charge is -2.23. The second-order valence-corrected chi connectivity index (χ2v) is 9.70. The van der Waals surface area contributed by atoms with Crippen molar-refractivity contribution in [3.63, 3.8) is 0 Å². The molecule has 0 atom stereocenters. The van der Waals surface area contributed by atoms with Gasteiger partial charge >= 0.3 is 0 Å². The lowest BCUT2D eigenvalue weighted by atomic mass is 10.1. The van der Waals surface area contributed by atoms with Crippen molar-refractivity contribution >= 4 is 9.04 Å². The number of benzene rings is 1. The van der Waals surface area contributed by atoms with Gasteiger partial charge in [0.15, 0.2) is 9.04 Å². The summed E-state index contributed by atoms with van der Waals surface area (Å²) in [6.45, 7) is 10.2. The van der Waals surface area contributed by atoms with Gasteiger partial charge in [0.1, 0.15) is 0 Å². The molecule has 0 heterocycles. The maximum Gasteiger partial charge on any atom is 0.181 e. The molecule has 0 radical (unpaired) electrons. The molecule has 0 aliphatic heterocycles. The first-order chi connectivity index (χ1) is 8.61. The number of aryl methyl sites for hydroxylation is 1. The molecule has 0 aromatic heterocycles. The van der Waals surface area contributed by atoms with E-state index in [2.05, 4.69) is 58.0 Å². The lowest BCUT2D eigenvalue weighted by Crippen LogP contribution is -2.26. The van der Waals surface area contributed by atoms with Crippen LogP contribution in [0, 0.1) is 0 Å². The van der Waals surface area contributed by atoms with Crippen LogP contribution in [0.2, 0.25) is 11.1 Å². The van der Waals surface area contributed by atoms with Gasteiger partial charge in [0, 0.05) is 6.61 Å². The average Bonchev–Trinajstić information content (AvgIpc) is 2.34. The first-order valence-electron chi connectivity index (χ1n) is 7.26. The SMILES string of the molecule is CC(C)[SiH](OCCCCc1ccccc1)C(C)C. The highest BCUT2D eigenvalue weighted by atomic mass is 28.3. The van der Waals surface area contributed by atoms with Crippen molar-refractivity contribution < 1.29 is 4.43 Å². The maximum absolute atomic E-state index is 6.14. The summed E-state index contributed by atoms with van der Waals surface area (Å²) < 4.78 is 6.14. The van der Waals surface area contributed by atoms with Crippen LogP contribution in [0.1, 0.15) is 46.1 Å². The van der Waals surface area contributed by atoms with E-state index in [0.29, 0.717) is 0 Å². The van der Waals surface area contributed by atoms with Crippen LogP contribution in [0.25, 0.3) is 0 Å². The zero-order chi connectivity index (χ0) is 13.4. The fraction of sp³-hybridized carbons (Fsp3) is 0.625. The minimum Gasteiger partial charge on any atom is -0.420 e. The Labute approximate surface area is 114 Å². The first-order valence-corrected chi connectivity index (χ1v) is 9.07. The summed E-state index contributed by atoms with van der Waals surface area (Å²) in [6, 6.07) is 10.7. The molecule has 102 valence electrons. The third kappa shape index (κ3) is 5.83. The zero-order valence-electron chi connectivity index (χ0n) is 12.4. The van der Waals surface area contributed by atoms with E-state index < -0.39 is 9.04 Å². The predicted molar refractivity (Wildman–Crippen MR) is 82.7 cm³/mol. The lowest BCUT2D eigenvalue weighted by molar-refractivity contribution is 0.297. The van der Waals surface area contributed by atoms with Gasteiger partial charge < -0.3 is 4.43 Å². The van der Waals surface area contributed by atoms with Gasteiger partial charge in [-0.3, -0.25) is 0 Å². The maximum atomic E-state index is 6.14. The van der Waals surface area contributed by atoms with Crippen LogP contribution in [-0.2, 0) is 10.8 Å². The molecule has 1 aromatic carbocycles. The van der Waals surface area contributed by atoms with Crippen molar-refractivity contribution in [1.82, 2.24) is 0 Å². The third-order valence-corrected chi connectivity index (χ3v) is 6.58. The molecule has 0 aliphatic carbocycles. The molecule has 1 rings (SSSR count). The monoisotopic (exact) mass is 264 g/mol. The van der Waals surface area contributed by atoms with Crippen molar-refractivity contribution in [2.45, 2.75) is 58.0 Å². The van der Waals surface area contributed by atoms with Crippen molar-refractivity contribution in [3.8, 4) is 0 Å². The standard InChI is InChI=1S/C16H28OSi/c1-14(2)18(15(3)4)17-13-9-8-12-16-10-6-5-7-11-16/h5-7,10-11,14-15,18H,8-9,12-13H2,1-4H3. The van der Waals surface area contributed by atoms with Gasteiger partial charge in [-0.15, -0.1) is 0 Å². The second-order valence-electron chi connectivity index (χ2n) is 5.77. The highest BCUT2D eigenvalue weighted by molar-refractivity contribution is 6.54. The van der Waals surface area contributed by atoms with Crippen LogP contribution in [0.15, 0.2) is 30.3 Å². The molecular formula is C16H28OSi. The molecule has 0 aliphatic rings. The summed E-state index contributed by atoms with van der Waals surface area (Å²) in [5.41, 5.74) is 2.94. The molecule has 0 saturated carbocycles. The van der Waals surface area contributed by atoms with Gasteiger partial charge in [-0.2, -0.15) is 0 Å². The number of rotatable bonds is 8. The van der Waals surface area contributed by atoms with Crippen molar-refractivity contribution in [2.75, 3.05) is 6.61 Å². The van der Waals surface area contributed by atoms with Crippen LogP contribution >= 0.6 is 0 Å². The smallest absolute Gasteiger partial charge is 0.181 e. The molecule has 1 aromatic rings. The molecule has 0 unspecified atom stereocenters. The Kier molecular flexibility index (Phi) is 7.29. The van der Waals surface area contributed by atoms with E-state index in [1.165, 1.54) is 24.8 Å². The van der Waals surface area contributed by atoms with E-state index >= 15 is 0 Å². The van der Waals surface area contributed by atoms with E-state index in [1.54, 1.807) is 0 Å². The van der Waals surface area contributed by atoms with Gasteiger partial charge in [0.05, 0.1) is 0 Å². The summed E-state index contributed by atoms with van der Waals surface area (Å²) in [4.78, 5) is 0.